The highest BCUT2D eigenvalue weighted by atomic mass is 35.5. The number of rotatable bonds is 5. The number of aryl methyl sites for hydroxylation is 1. The number of benzene rings is 2. The third-order valence-corrected chi connectivity index (χ3v) is 6.44. The molecule has 148 valence electrons. The second-order valence-electron chi connectivity index (χ2n) is 6.46. The molecule has 2 aromatic heterocycles. The smallest absolute Gasteiger partial charge is 0.266 e. The number of anilines is 1. The van der Waals surface area contributed by atoms with E-state index in [4.69, 9.17) is 11.6 Å². The molecule has 6 nitrogen and oxygen atoms in total. The molecular formula is C20H16ClFN4O2S. The maximum absolute atomic E-state index is 13.9. The van der Waals surface area contributed by atoms with Crippen molar-refractivity contribution in [3.63, 3.8) is 0 Å². The molecule has 2 heterocycles. The number of hydrogen-bond acceptors (Lipinski definition) is 4. The van der Waals surface area contributed by atoms with Gasteiger partial charge in [0.25, 0.3) is 10.0 Å². The maximum atomic E-state index is 13.9. The van der Waals surface area contributed by atoms with Gasteiger partial charge >= 0.3 is 0 Å². The van der Waals surface area contributed by atoms with E-state index >= 15 is 0 Å². The zero-order valence-electron chi connectivity index (χ0n) is 15.3. The van der Waals surface area contributed by atoms with Gasteiger partial charge in [0.1, 0.15) is 16.5 Å². The summed E-state index contributed by atoms with van der Waals surface area (Å²) in [5.41, 5.74) is 1.42. The fourth-order valence-electron chi connectivity index (χ4n) is 3.01. The van der Waals surface area contributed by atoms with Crippen LogP contribution in [-0.4, -0.2) is 23.0 Å². The number of sulfonamides is 1. The highest BCUT2D eigenvalue weighted by Crippen LogP contribution is 2.27. The number of pyridine rings is 1. The highest BCUT2D eigenvalue weighted by molar-refractivity contribution is 7.92. The third kappa shape index (κ3) is 3.81. The first-order valence-corrected chi connectivity index (χ1v) is 10.5. The minimum atomic E-state index is -4.02. The van der Waals surface area contributed by atoms with E-state index in [-0.39, 0.29) is 17.1 Å². The van der Waals surface area contributed by atoms with Gasteiger partial charge in [0.2, 0.25) is 0 Å². The Morgan fingerprint density at radius 2 is 1.86 bits per heavy atom. The van der Waals surface area contributed by atoms with Gasteiger partial charge in [0.15, 0.2) is 5.65 Å². The van der Waals surface area contributed by atoms with Gasteiger partial charge in [0.05, 0.1) is 12.2 Å². The van der Waals surface area contributed by atoms with Crippen LogP contribution in [0.1, 0.15) is 11.4 Å². The minimum Gasteiger partial charge on any atom is -0.285 e. The number of halogens is 2. The van der Waals surface area contributed by atoms with Gasteiger partial charge in [0, 0.05) is 11.2 Å². The Balaban J connectivity index is 1.84. The van der Waals surface area contributed by atoms with E-state index in [1.54, 1.807) is 47.7 Å². The molecule has 0 saturated heterocycles. The number of hydrogen-bond donors (Lipinski definition) is 0. The average Bonchev–Trinajstić information content (AvgIpc) is 3.06. The molecule has 0 spiro atoms. The van der Waals surface area contributed by atoms with E-state index in [0.717, 1.165) is 4.31 Å². The largest absolute Gasteiger partial charge is 0.285 e. The predicted octanol–water partition coefficient (Wildman–Crippen LogP) is 4.23. The Kier molecular flexibility index (Phi) is 4.97. The fourth-order valence-corrected chi connectivity index (χ4v) is 4.67. The Hall–Kier alpha value is -2.97. The van der Waals surface area contributed by atoms with Crippen molar-refractivity contribution in [3.8, 4) is 0 Å². The van der Waals surface area contributed by atoms with E-state index < -0.39 is 15.8 Å². The Bertz CT molecular complexity index is 1310. The van der Waals surface area contributed by atoms with Crippen molar-refractivity contribution in [2.24, 2.45) is 0 Å². The Morgan fingerprint density at radius 3 is 2.62 bits per heavy atom. The third-order valence-electron chi connectivity index (χ3n) is 4.45. The molecule has 0 radical (unpaired) electrons. The second kappa shape index (κ2) is 7.46. The molecule has 0 N–H and O–H groups in total. The molecule has 0 fully saturated rings. The summed E-state index contributed by atoms with van der Waals surface area (Å²) in [5, 5.41) is 8.41. The van der Waals surface area contributed by atoms with E-state index in [9.17, 15) is 12.8 Å². The zero-order valence-corrected chi connectivity index (χ0v) is 16.9. The van der Waals surface area contributed by atoms with Crippen molar-refractivity contribution in [3.05, 3.63) is 89.1 Å². The average molecular weight is 431 g/mol. The summed E-state index contributed by atoms with van der Waals surface area (Å²) < 4.78 is 43.7. The Labute approximate surface area is 172 Å². The van der Waals surface area contributed by atoms with Crippen molar-refractivity contribution in [1.29, 1.82) is 0 Å². The van der Waals surface area contributed by atoms with Crippen LogP contribution in [0.25, 0.3) is 5.65 Å². The molecular weight excluding hydrogens is 415 g/mol. The van der Waals surface area contributed by atoms with E-state index in [1.807, 2.05) is 0 Å². The number of fused-ring (bicyclic) bond motifs is 1. The quantitative estimate of drug-likeness (QED) is 0.475. The lowest BCUT2D eigenvalue weighted by atomic mass is 10.2. The van der Waals surface area contributed by atoms with Gasteiger partial charge in [-0.05, 0) is 55.0 Å². The van der Waals surface area contributed by atoms with Crippen LogP contribution in [-0.2, 0) is 16.6 Å². The van der Waals surface area contributed by atoms with Crippen LogP contribution in [0.5, 0.6) is 0 Å². The molecule has 0 aliphatic carbocycles. The molecule has 0 amide bonds. The molecule has 0 unspecified atom stereocenters. The summed E-state index contributed by atoms with van der Waals surface area (Å²) in [6.45, 7) is 1.72. The van der Waals surface area contributed by atoms with Crippen LogP contribution < -0.4 is 4.31 Å². The molecule has 4 rings (SSSR count). The summed E-state index contributed by atoms with van der Waals surface area (Å²) in [7, 11) is -4.02. The summed E-state index contributed by atoms with van der Waals surface area (Å²) >= 11 is 6.06. The van der Waals surface area contributed by atoms with Gasteiger partial charge < -0.3 is 0 Å². The van der Waals surface area contributed by atoms with Crippen molar-refractivity contribution < 1.29 is 12.8 Å². The lowest BCUT2D eigenvalue weighted by molar-refractivity contribution is 0.589. The highest BCUT2D eigenvalue weighted by Gasteiger charge is 2.26. The summed E-state index contributed by atoms with van der Waals surface area (Å²) in [6.07, 6.45) is 1.46. The summed E-state index contributed by atoms with van der Waals surface area (Å²) in [6, 6.07) is 15.4. The van der Waals surface area contributed by atoms with Crippen molar-refractivity contribution in [1.82, 2.24) is 14.6 Å². The zero-order chi connectivity index (χ0) is 20.6. The summed E-state index contributed by atoms with van der Waals surface area (Å²) in [5.74, 6) is 0.0306. The second-order valence-corrected chi connectivity index (χ2v) is 8.76. The topological polar surface area (TPSA) is 67.6 Å². The van der Waals surface area contributed by atoms with Crippen LogP contribution in [0.4, 0.5) is 10.1 Å². The molecule has 0 bridgehead atoms. The van der Waals surface area contributed by atoms with Crippen LogP contribution in [0.2, 0.25) is 5.02 Å². The number of aromatic nitrogens is 3. The summed E-state index contributed by atoms with van der Waals surface area (Å²) in [4.78, 5) is 0.0409. The Morgan fingerprint density at radius 1 is 1.07 bits per heavy atom. The monoisotopic (exact) mass is 430 g/mol. The van der Waals surface area contributed by atoms with Gasteiger partial charge in [-0.25, -0.2) is 12.8 Å². The minimum absolute atomic E-state index is 0.00839. The standard InChI is InChI=1S/C20H16ClFN4O2S/c1-14-23-24-20-9-8-19(13-25(14)20)29(27,28)26(18-7-3-6-17(22)11-18)12-15-4-2-5-16(21)10-15/h2-11,13H,12H2,1H3. The van der Waals surface area contributed by atoms with Gasteiger partial charge in [-0.3, -0.25) is 8.71 Å². The van der Waals surface area contributed by atoms with Gasteiger partial charge in [-0.15, -0.1) is 10.2 Å². The lowest BCUT2D eigenvalue weighted by Gasteiger charge is -2.25. The SMILES string of the molecule is Cc1nnc2ccc(S(=O)(=O)N(Cc3cccc(Cl)c3)c3cccc(F)c3)cn12. The number of nitrogens with zero attached hydrogens (tertiary/aromatic N) is 4. The van der Waals surface area contributed by atoms with Crippen molar-refractivity contribution in [2.75, 3.05) is 4.31 Å². The molecule has 0 atom stereocenters. The molecule has 4 aromatic rings. The first-order chi connectivity index (χ1) is 13.8. The van der Waals surface area contributed by atoms with Crippen molar-refractivity contribution >= 4 is 33.0 Å². The van der Waals surface area contributed by atoms with Crippen LogP contribution in [0, 0.1) is 12.7 Å². The molecule has 29 heavy (non-hydrogen) atoms. The fraction of sp³-hybridized carbons (Fsp3) is 0.100. The molecule has 0 aliphatic heterocycles. The lowest BCUT2D eigenvalue weighted by Crippen LogP contribution is -2.31. The van der Waals surface area contributed by atoms with Crippen LogP contribution in [0.15, 0.2) is 71.8 Å². The molecule has 9 heteroatoms. The molecule has 0 saturated carbocycles. The normalized spacial score (nSPS) is 11.7. The van der Waals surface area contributed by atoms with E-state index in [0.29, 0.717) is 22.1 Å². The maximum Gasteiger partial charge on any atom is 0.266 e. The van der Waals surface area contributed by atoms with Gasteiger partial charge in [-0.1, -0.05) is 29.8 Å². The van der Waals surface area contributed by atoms with Crippen LogP contribution >= 0.6 is 11.6 Å². The molecule has 0 aliphatic rings. The van der Waals surface area contributed by atoms with Gasteiger partial charge in [-0.2, -0.15) is 0 Å². The predicted molar refractivity (Wildman–Crippen MR) is 109 cm³/mol. The van der Waals surface area contributed by atoms with E-state index in [2.05, 4.69) is 10.2 Å². The van der Waals surface area contributed by atoms with Crippen LogP contribution in [0.3, 0.4) is 0 Å². The first-order valence-electron chi connectivity index (χ1n) is 8.69. The molecule has 2 aromatic carbocycles. The first kappa shape index (κ1) is 19.4. The van der Waals surface area contributed by atoms with E-state index in [1.165, 1.54) is 30.5 Å². The van der Waals surface area contributed by atoms with Crippen molar-refractivity contribution in [2.45, 2.75) is 18.4 Å².